The summed E-state index contributed by atoms with van der Waals surface area (Å²) in [5, 5.41) is 12.1. The summed E-state index contributed by atoms with van der Waals surface area (Å²) in [5.74, 6) is 0.862. The summed E-state index contributed by atoms with van der Waals surface area (Å²) in [7, 11) is 0. The molecule has 2 N–H and O–H groups in total. The predicted octanol–water partition coefficient (Wildman–Crippen LogP) is 1.55. The van der Waals surface area contributed by atoms with E-state index >= 15 is 0 Å². The molecule has 0 bridgehead atoms. The van der Waals surface area contributed by atoms with Gasteiger partial charge in [-0.15, -0.1) is 0 Å². The van der Waals surface area contributed by atoms with Crippen LogP contribution in [0.25, 0.3) is 0 Å². The van der Waals surface area contributed by atoms with Crippen LogP contribution >= 0.6 is 0 Å². The fourth-order valence-electron chi connectivity index (χ4n) is 2.87. The molecule has 1 aliphatic heterocycles. The van der Waals surface area contributed by atoms with E-state index in [-0.39, 0.29) is 12.6 Å². The Morgan fingerprint density at radius 3 is 3.14 bits per heavy atom. The molecule has 5 heteroatoms. The fourth-order valence-corrected chi connectivity index (χ4v) is 2.87. The highest BCUT2D eigenvalue weighted by molar-refractivity contribution is 5.45. The van der Waals surface area contributed by atoms with Gasteiger partial charge in [0.1, 0.15) is 5.75 Å². The Morgan fingerprint density at radius 2 is 2.32 bits per heavy atom. The standard InChI is InChI=1S/C17H26N2O3/c20-13-16-6-1-2-9-19(16)12-15-5-3-7-17(11-15)22-10-4-8-18-14-21/h3,5,7,11,14,16,20H,1-2,4,6,8-10,12-13H2,(H,18,21). The molecule has 5 nitrogen and oxygen atoms in total. The van der Waals surface area contributed by atoms with Gasteiger partial charge in [-0.3, -0.25) is 9.69 Å². The summed E-state index contributed by atoms with van der Waals surface area (Å²) in [6.45, 7) is 3.37. The van der Waals surface area contributed by atoms with E-state index in [0.717, 1.165) is 31.7 Å². The molecule has 0 spiro atoms. The maximum absolute atomic E-state index is 10.1. The quantitative estimate of drug-likeness (QED) is 0.537. The smallest absolute Gasteiger partial charge is 0.207 e. The van der Waals surface area contributed by atoms with E-state index in [1.54, 1.807) is 0 Å². The van der Waals surface area contributed by atoms with E-state index < -0.39 is 0 Å². The largest absolute Gasteiger partial charge is 0.494 e. The first-order valence-electron chi connectivity index (χ1n) is 8.07. The van der Waals surface area contributed by atoms with E-state index in [9.17, 15) is 9.90 Å². The van der Waals surface area contributed by atoms with E-state index in [0.29, 0.717) is 19.6 Å². The zero-order valence-corrected chi connectivity index (χ0v) is 13.0. The van der Waals surface area contributed by atoms with Crippen molar-refractivity contribution in [1.29, 1.82) is 0 Å². The average Bonchev–Trinajstić information content (AvgIpc) is 2.55. The molecule has 1 saturated heterocycles. The molecule has 22 heavy (non-hydrogen) atoms. The van der Waals surface area contributed by atoms with Crippen molar-refractivity contribution in [2.24, 2.45) is 0 Å². The molecule has 2 rings (SSSR count). The van der Waals surface area contributed by atoms with Gasteiger partial charge >= 0.3 is 0 Å². The van der Waals surface area contributed by atoms with Gasteiger partial charge in [0.15, 0.2) is 0 Å². The molecule has 1 fully saturated rings. The second-order valence-electron chi connectivity index (χ2n) is 5.72. The Kier molecular flexibility index (Phi) is 7.19. The molecule has 1 amide bonds. The molecule has 1 aromatic rings. The van der Waals surface area contributed by atoms with Crippen LogP contribution in [0.3, 0.4) is 0 Å². The molecule has 0 aromatic heterocycles. The lowest BCUT2D eigenvalue weighted by molar-refractivity contribution is -0.109. The number of likely N-dealkylation sites (tertiary alicyclic amines) is 1. The van der Waals surface area contributed by atoms with Gasteiger partial charge in [0.25, 0.3) is 0 Å². The second kappa shape index (κ2) is 9.43. The third-order valence-corrected chi connectivity index (χ3v) is 4.06. The highest BCUT2D eigenvalue weighted by atomic mass is 16.5. The van der Waals surface area contributed by atoms with Gasteiger partial charge in [0.2, 0.25) is 6.41 Å². The number of carbonyl (C=O) groups excluding carboxylic acids is 1. The van der Waals surface area contributed by atoms with Gasteiger partial charge in [-0.05, 0) is 43.5 Å². The minimum Gasteiger partial charge on any atom is -0.494 e. The van der Waals surface area contributed by atoms with Crippen LogP contribution in [-0.4, -0.2) is 48.8 Å². The lowest BCUT2D eigenvalue weighted by Gasteiger charge is -2.34. The van der Waals surface area contributed by atoms with Crippen LogP contribution in [0.5, 0.6) is 5.75 Å². The monoisotopic (exact) mass is 306 g/mol. The Labute approximate surface area is 132 Å². The summed E-state index contributed by atoms with van der Waals surface area (Å²) in [4.78, 5) is 12.5. The molecule has 1 aliphatic rings. The molecule has 122 valence electrons. The van der Waals surface area contributed by atoms with Gasteiger partial charge in [0, 0.05) is 19.1 Å². The minimum atomic E-state index is 0.236. The Bertz CT molecular complexity index is 453. The van der Waals surface area contributed by atoms with Crippen molar-refractivity contribution in [3.05, 3.63) is 29.8 Å². The number of aliphatic hydroxyl groups excluding tert-OH is 1. The number of benzene rings is 1. The van der Waals surface area contributed by atoms with Crippen molar-refractivity contribution in [1.82, 2.24) is 10.2 Å². The molecule has 1 heterocycles. The number of nitrogens with zero attached hydrogens (tertiary/aromatic N) is 1. The number of hydrogen-bond donors (Lipinski definition) is 2. The SMILES string of the molecule is O=CNCCCOc1cccc(CN2CCCCC2CO)c1. The van der Waals surface area contributed by atoms with Crippen molar-refractivity contribution in [3.8, 4) is 5.75 Å². The summed E-state index contributed by atoms with van der Waals surface area (Å²) >= 11 is 0. The molecule has 0 aliphatic carbocycles. The average molecular weight is 306 g/mol. The zero-order valence-electron chi connectivity index (χ0n) is 13.0. The molecular formula is C17H26N2O3. The Morgan fingerprint density at radius 1 is 1.41 bits per heavy atom. The van der Waals surface area contributed by atoms with Crippen LogP contribution in [0.4, 0.5) is 0 Å². The topological polar surface area (TPSA) is 61.8 Å². The number of nitrogens with one attached hydrogen (secondary N) is 1. The zero-order chi connectivity index (χ0) is 15.6. The molecule has 0 saturated carbocycles. The van der Waals surface area contributed by atoms with Crippen LogP contribution in [0, 0.1) is 0 Å². The van der Waals surface area contributed by atoms with Crippen LogP contribution in [0.15, 0.2) is 24.3 Å². The van der Waals surface area contributed by atoms with E-state index in [2.05, 4.69) is 22.3 Å². The fraction of sp³-hybridized carbons (Fsp3) is 0.588. The van der Waals surface area contributed by atoms with Crippen LogP contribution in [0.2, 0.25) is 0 Å². The summed E-state index contributed by atoms with van der Waals surface area (Å²) in [6, 6.07) is 8.41. The summed E-state index contributed by atoms with van der Waals surface area (Å²) in [5.41, 5.74) is 1.21. The van der Waals surface area contributed by atoms with Gasteiger partial charge in [-0.2, -0.15) is 0 Å². The van der Waals surface area contributed by atoms with E-state index in [1.807, 2.05) is 12.1 Å². The van der Waals surface area contributed by atoms with E-state index in [1.165, 1.54) is 18.4 Å². The summed E-state index contributed by atoms with van der Waals surface area (Å²) < 4.78 is 5.71. The minimum absolute atomic E-state index is 0.236. The van der Waals surface area contributed by atoms with Crippen LogP contribution in [-0.2, 0) is 11.3 Å². The molecule has 1 aromatic carbocycles. The normalized spacial score (nSPS) is 18.9. The molecular weight excluding hydrogens is 280 g/mol. The third kappa shape index (κ3) is 5.31. The highest BCUT2D eigenvalue weighted by Crippen LogP contribution is 2.21. The van der Waals surface area contributed by atoms with Crippen molar-refractivity contribution in [2.75, 3.05) is 26.3 Å². The number of hydrogen-bond acceptors (Lipinski definition) is 4. The van der Waals surface area contributed by atoms with Gasteiger partial charge in [-0.25, -0.2) is 0 Å². The van der Waals surface area contributed by atoms with Gasteiger partial charge < -0.3 is 15.2 Å². The summed E-state index contributed by atoms with van der Waals surface area (Å²) in [6.07, 6.45) is 4.99. The highest BCUT2D eigenvalue weighted by Gasteiger charge is 2.21. The predicted molar refractivity (Wildman–Crippen MR) is 85.8 cm³/mol. The Hall–Kier alpha value is -1.59. The van der Waals surface area contributed by atoms with Crippen LogP contribution in [0.1, 0.15) is 31.2 Å². The molecule has 0 radical (unpaired) electrons. The second-order valence-corrected chi connectivity index (χ2v) is 5.72. The Balaban J connectivity index is 1.83. The lowest BCUT2D eigenvalue weighted by atomic mass is 10.0. The number of amides is 1. The molecule has 1 atom stereocenters. The number of aliphatic hydroxyl groups is 1. The van der Waals surface area contributed by atoms with Gasteiger partial charge in [0.05, 0.1) is 13.2 Å². The van der Waals surface area contributed by atoms with Crippen molar-refractivity contribution < 1.29 is 14.6 Å². The molecule has 1 unspecified atom stereocenters. The van der Waals surface area contributed by atoms with Gasteiger partial charge in [-0.1, -0.05) is 18.6 Å². The first kappa shape index (κ1) is 16.8. The number of carbonyl (C=O) groups is 1. The van der Waals surface area contributed by atoms with Crippen LogP contribution < -0.4 is 10.1 Å². The number of piperidine rings is 1. The number of rotatable bonds is 9. The maximum Gasteiger partial charge on any atom is 0.207 e. The van der Waals surface area contributed by atoms with Crippen molar-refractivity contribution in [2.45, 2.75) is 38.3 Å². The maximum atomic E-state index is 10.1. The lowest BCUT2D eigenvalue weighted by Crippen LogP contribution is -2.41. The first-order chi connectivity index (χ1) is 10.8. The van der Waals surface area contributed by atoms with Crippen molar-refractivity contribution >= 4 is 6.41 Å². The van der Waals surface area contributed by atoms with Crippen molar-refractivity contribution in [3.63, 3.8) is 0 Å². The van der Waals surface area contributed by atoms with E-state index in [4.69, 9.17) is 4.74 Å². The first-order valence-corrected chi connectivity index (χ1v) is 8.07. The number of ether oxygens (including phenoxy) is 1. The third-order valence-electron chi connectivity index (χ3n) is 4.06.